The zero-order valence-electron chi connectivity index (χ0n) is 66.0. The Balaban J connectivity index is 1.61. The molecule has 21 atom stereocenters. The molecule has 3 rings (SSSR count). The van der Waals surface area contributed by atoms with Crippen molar-refractivity contribution >= 4 is 37.2 Å². The van der Waals surface area contributed by atoms with E-state index in [0.29, 0.717) is 130 Å². The number of nitrogens with one attached hydrogen (secondary N) is 1. The SMILES string of the molecule is CCC(COCCCOC(C)C)COCCCOP(=O)([O-])OCC(COCCCOP(=O)([O-])OCCCCCCO[C@@H]1OC(CO)[C@H](O)[C@H](O)C1NC(C)=O)(COCCCOP(=O)([O-])OCCCCCCO[C@@H]1CC(CO)[C@H](O)[C@H](O)C1C)COCCCOP(=O)(O)OCCCCCCO[C@@H]1CC(CO)[C@H](O)[C@H](O)C1C. The van der Waals surface area contributed by atoms with Crippen LogP contribution < -0.4 is 20.0 Å². The predicted octanol–water partition coefficient (Wildman–Crippen LogP) is 3.25. The molecular formula is C70H136NO36P4-3. The van der Waals surface area contributed by atoms with Gasteiger partial charge in [-0.1, -0.05) is 59.3 Å². The molecule has 12 unspecified atom stereocenters. The van der Waals surface area contributed by atoms with Gasteiger partial charge >= 0.3 is 7.82 Å². The molecule has 41 heteroatoms. The summed E-state index contributed by atoms with van der Waals surface area (Å²) in [7, 11) is -19.2. The number of hydrogen-bond acceptors (Lipinski definition) is 35. The minimum absolute atomic E-state index is 0.00916. The highest BCUT2D eigenvalue weighted by molar-refractivity contribution is 7.47. The second-order valence-electron chi connectivity index (χ2n) is 29.1. The van der Waals surface area contributed by atoms with E-state index in [1.165, 1.54) is 6.92 Å². The molecule has 0 aromatic carbocycles. The van der Waals surface area contributed by atoms with E-state index >= 15 is 0 Å². The van der Waals surface area contributed by atoms with Crippen LogP contribution in [0, 0.1) is 35.0 Å². The van der Waals surface area contributed by atoms with Crippen LogP contribution >= 0.6 is 31.3 Å². The van der Waals surface area contributed by atoms with E-state index < -0.39 is 129 Å². The van der Waals surface area contributed by atoms with Crippen molar-refractivity contribution in [1.29, 1.82) is 0 Å². The molecule has 3 fully saturated rings. The first-order valence-electron chi connectivity index (χ1n) is 39.5. The minimum atomic E-state index is -5.10. The fourth-order valence-corrected chi connectivity index (χ4v) is 15.5. The molecule has 1 saturated heterocycles. The highest BCUT2D eigenvalue weighted by Crippen LogP contribution is 2.45. The summed E-state index contributed by atoms with van der Waals surface area (Å²) >= 11 is 0. The monoisotopic (exact) mass is 1690 g/mol. The van der Waals surface area contributed by atoms with Crippen molar-refractivity contribution in [3.05, 3.63) is 0 Å². The number of hydrogen-bond donors (Lipinski definition) is 11. The summed E-state index contributed by atoms with van der Waals surface area (Å²) in [4.78, 5) is 61.2. The number of aliphatic hydroxyl groups is 9. The molecule has 2 saturated carbocycles. The van der Waals surface area contributed by atoms with Crippen molar-refractivity contribution in [2.75, 3.05) is 165 Å². The molecule has 1 amide bonds. The quantitative estimate of drug-likeness (QED) is 0.0307. The average Bonchev–Trinajstić information content (AvgIpc) is 0.819. The third-order valence-electron chi connectivity index (χ3n) is 19.2. The lowest BCUT2D eigenvalue weighted by Crippen LogP contribution is -2.64. The third kappa shape index (κ3) is 45.4. The van der Waals surface area contributed by atoms with Gasteiger partial charge in [0.1, 0.15) is 24.4 Å². The Labute approximate surface area is 655 Å². The molecule has 0 spiro atoms. The Kier molecular flexibility index (Phi) is 55.4. The lowest BCUT2D eigenvalue weighted by atomic mass is 9.77. The lowest BCUT2D eigenvalue weighted by molar-refractivity contribution is -0.270. The number of carbonyl (C=O) groups is 1. The van der Waals surface area contributed by atoms with Gasteiger partial charge in [0, 0.05) is 109 Å². The van der Waals surface area contributed by atoms with E-state index in [1.54, 1.807) is 13.8 Å². The number of carbonyl (C=O) groups excluding carboxylic acids is 1. The summed E-state index contributed by atoms with van der Waals surface area (Å²) in [6.07, 6.45) is -0.874. The number of phosphoric acid groups is 4. The molecule has 1 aliphatic heterocycles. The van der Waals surface area contributed by atoms with Crippen LogP contribution in [0.4, 0.5) is 0 Å². The molecule has 111 heavy (non-hydrogen) atoms. The third-order valence-corrected chi connectivity index (χ3v) is 23.1. The van der Waals surface area contributed by atoms with E-state index in [2.05, 4.69) is 5.32 Å². The Morgan fingerprint density at radius 3 is 1.20 bits per heavy atom. The molecule has 0 bridgehead atoms. The van der Waals surface area contributed by atoms with Gasteiger partial charge in [0.05, 0.1) is 141 Å². The van der Waals surface area contributed by atoms with Crippen LogP contribution in [0.2, 0.25) is 0 Å². The average molecular weight is 1690 g/mol. The van der Waals surface area contributed by atoms with Crippen LogP contribution in [0.25, 0.3) is 0 Å². The normalized spacial score (nSPS) is 27.6. The standard InChI is InChI=1S/C70H139NO36P4/c1-7-56(46-90-25-20-33-95-52(2)3)47-91-26-21-37-105-111(88,89)106-51-70(48-92-27-22-38-102-108(82,83)99-34-17-11-8-14-30-96-59-41-57(43-72)65(78)63(76)53(59)4,49-93-28-23-39-103-109(84,85)100-35-18-12-9-15-31-97-60-42-58(44-73)66(79)64(77)54(60)5)50-94-29-24-40-104-110(86,87)101-36-19-13-10-16-32-98-69-62(71-55(6)75)68(81)67(80)61(45-74)107-69/h52-54,56-69,72-74,76-81H,7-51H2,1-6H3,(H,71,75)(H,82,83)(H,84,85)(H,86,87)(H,88,89)/p-3/t53?,54?,56?,57?,58?,59-,60-,61?,62?,63-,64-,65+,66+,67+,68-,69-,70?/m1/s1. The topological polar surface area (TPSA) is 535 Å². The van der Waals surface area contributed by atoms with Crippen molar-refractivity contribution in [3.8, 4) is 0 Å². The van der Waals surface area contributed by atoms with Gasteiger partial charge in [-0.2, -0.15) is 0 Å². The van der Waals surface area contributed by atoms with E-state index in [1.807, 2.05) is 20.8 Å². The van der Waals surface area contributed by atoms with Gasteiger partial charge in [0.15, 0.2) is 6.29 Å². The summed E-state index contributed by atoms with van der Waals surface area (Å²) in [5.41, 5.74) is -1.51. The van der Waals surface area contributed by atoms with Crippen molar-refractivity contribution < 1.29 is 172 Å². The highest BCUT2D eigenvalue weighted by Gasteiger charge is 2.46. The molecule has 0 radical (unpaired) electrons. The van der Waals surface area contributed by atoms with Crippen LogP contribution in [0.1, 0.15) is 170 Å². The van der Waals surface area contributed by atoms with Crippen LogP contribution in [-0.4, -0.2) is 295 Å². The highest BCUT2D eigenvalue weighted by atomic mass is 31.2. The summed E-state index contributed by atoms with van der Waals surface area (Å²) in [5.74, 6) is -2.03. The van der Waals surface area contributed by atoms with Gasteiger partial charge in [-0.15, -0.1) is 0 Å². The van der Waals surface area contributed by atoms with Crippen molar-refractivity contribution in [3.63, 3.8) is 0 Å². The second-order valence-corrected chi connectivity index (χ2v) is 34.8. The molecule has 37 nitrogen and oxygen atoms in total. The first-order chi connectivity index (χ1) is 52.8. The maximum Gasteiger partial charge on any atom is 0.472 e. The van der Waals surface area contributed by atoms with Gasteiger partial charge in [0.2, 0.25) is 5.91 Å². The molecule has 3 aliphatic rings. The summed E-state index contributed by atoms with van der Waals surface area (Å²) < 4.78 is 152. The maximum atomic E-state index is 13.5. The number of rotatable bonds is 70. The molecule has 0 aromatic rings. The number of phosphoric ester groups is 4. The molecule has 2 aliphatic carbocycles. The zero-order chi connectivity index (χ0) is 82.1. The fourth-order valence-electron chi connectivity index (χ4n) is 12.3. The Bertz CT molecular complexity index is 2480. The van der Waals surface area contributed by atoms with Crippen LogP contribution in [0.3, 0.4) is 0 Å². The number of unbranched alkanes of at least 4 members (excludes halogenated alkanes) is 9. The number of ether oxygens (including phenoxy) is 10. The minimum Gasteiger partial charge on any atom is -0.756 e. The van der Waals surface area contributed by atoms with Crippen LogP contribution in [0.15, 0.2) is 0 Å². The first kappa shape index (κ1) is 104. The Morgan fingerprint density at radius 2 is 0.811 bits per heavy atom. The van der Waals surface area contributed by atoms with E-state index in [0.717, 1.165) is 12.8 Å². The van der Waals surface area contributed by atoms with E-state index in [9.17, 15) is 88.6 Å². The van der Waals surface area contributed by atoms with E-state index in [4.69, 9.17) is 83.6 Å². The Hall–Kier alpha value is -0.850. The molecule has 11 N–H and O–H groups in total. The molecular weight excluding hydrogens is 1550 g/mol. The lowest BCUT2D eigenvalue weighted by Gasteiger charge is -2.42. The maximum absolute atomic E-state index is 13.5. The number of amides is 1. The van der Waals surface area contributed by atoms with Gasteiger partial charge in [-0.25, -0.2) is 4.57 Å². The van der Waals surface area contributed by atoms with Crippen molar-refractivity contribution in [2.24, 2.45) is 35.0 Å². The van der Waals surface area contributed by atoms with Crippen molar-refractivity contribution in [2.45, 2.75) is 243 Å². The van der Waals surface area contributed by atoms with E-state index in [-0.39, 0.29) is 167 Å². The molecule has 1 heterocycles. The van der Waals surface area contributed by atoms with Gasteiger partial charge in [-0.05, 0) is 104 Å². The number of aliphatic hydroxyl groups excluding tert-OH is 9. The van der Waals surface area contributed by atoms with Gasteiger partial charge < -0.3 is 145 Å². The molecule has 660 valence electrons. The zero-order valence-corrected chi connectivity index (χ0v) is 69.6. The molecule has 0 aromatic heterocycles. The Morgan fingerprint density at radius 1 is 0.450 bits per heavy atom. The van der Waals surface area contributed by atoms with Crippen LogP contribution in [-0.2, 0) is 107 Å². The largest absolute Gasteiger partial charge is 0.756 e. The first-order valence-corrected chi connectivity index (χ1v) is 45.3. The van der Waals surface area contributed by atoms with Crippen LogP contribution in [0.5, 0.6) is 0 Å². The second kappa shape index (κ2) is 59.0. The summed E-state index contributed by atoms with van der Waals surface area (Å²) in [5, 5.41) is 93.2. The fraction of sp³-hybridized carbons (Fsp3) is 0.986. The van der Waals surface area contributed by atoms with Gasteiger partial charge in [0.25, 0.3) is 23.5 Å². The summed E-state index contributed by atoms with van der Waals surface area (Å²) in [6.45, 7) is 8.44. The smallest absolute Gasteiger partial charge is 0.472 e. The van der Waals surface area contributed by atoms with Gasteiger partial charge in [-0.3, -0.25) is 27.5 Å². The van der Waals surface area contributed by atoms with Crippen molar-refractivity contribution in [1.82, 2.24) is 5.32 Å². The summed E-state index contributed by atoms with van der Waals surface area (Å²) in [6, 6.07) is -1.10. The predicted molar refractivity (Wildman–Crippen MR) is 394 cm³/mol.